The first-order chi connectivity index (χ1) is 7.81. The molecule has 17 heavy (non-hydrogen) atoms. The molecule has 0 radical (unpaired) electrons. The molecule has 1 fully saturated rings. The van der Waals surface area contributed by atoms with Crippen molar-refractivity contribution in [3.8, 4) is 0 Å². The average molecular weight is 275 g/mol. The molecular weight excluding hydrogens is 259 g/mol. The summed E-state index contributed by atoms with van der Waals surface area (Å²) in [7, 11) is -2.99. The van der Waals surface area contributed by atoms with Gasteiger partial charge in [0.25, 0.3) is 0 Å². The average Bonchev–Trinajstić information content (AvgIpc) is 2.50. The van der Waals surface area contributed by atoms with Gasteiger partial charge in [-0.1, -0.05) is 0 Å². The largest absolute Gasteiger partial charge is 0.411 e. The van der Waals surface area contributed by atoms with Crippen molar-refractivity contribution in [2.45, 2.75) is 24.3 Å². The Morgan fingerprint density at radius 2 is 2.06 bits per heavy atom. The highest BCUT2D eigenvalue weighted by Gasteiger charge is 2.30. The van der Waals surface area contributed by atoms with Crippen molar-refractivity contribution < 1.29 is 26.3 Å². The molecule has 0 spiro atoms. The van der Waals surface area contributed by atoms with Gasteiger partial charge in [-0.15, -0.1) is 0 Å². The quantitative estimate of drug-likeness (QED) is 0.726. The Hall–Kier alpha value is -0.340. The van der Waals surface area contributed by atoms with E-state index < -0.39 is 27.9 Å². The number of nitrogens with one attached hydrogen (secondary N) is 1. The first kappa shape index (κ1) is 14.7. The number of rotatable bonds is 6. The molecule has 0 amide bonds. The van der Waals surface area contributed by atoms with E-state index >= 15 is 0 Å². The number of ether oxygens (including phenoxy) is 1. The Morgan fingerprint density at radius 3 is 2.59 bits per heavy atom. The lowest BCUT2D eigenvalue weighted by atomic mass is 10.2. The van der Waals surface area contributed by atoms with Gasteiger partial charge in [-0.05, 0) is 12.8 Å². The van der Waals surface area contributed by atoms with Crippen LogP contribution in [-0.4, -0.2) is 51.9 Å². The van der Waals surface area contributed by atoms with Gasteiger partial charge in [0.1, 0.15) is 6.61 Å². The van der Waals surface area contributed by atoms with E-state index in [0.717, 1.165) is 0 Å². The highest BCUT2D eigenvalue weighted by Crippen LogP contribution is 2.18. The Balaban J connectivity index is 2.05. The van der Waals surface area contributed by atoms with E-state index in [-0.39, 0.29) is 25.4 Å². The molecule has 102 valence electrons. The van der Waals surface area contributed by atoms with E-state index in [1.807, 2.05) is 0 Å². The first-order valence-corrected chi connectivity index (χ1v) is 7.09. The molecule has 0 aromatic heterocycles. The number of alkyl halides is 3. The SMILES string of the molecule is O=S1(=O)CCCC1CNCCOCC(F)(F)F. The zero-order chi connectivity index (χ0) is 12.9. The molecule has 0 aromatic carbocycles. The summed E-state index contributed by atoms with van der Waals surface area (Å²) < 4.78 is 62.2. The van der Waals surface area contributed by atoms with Crippen LogP contribution in [0.3, 0.4) is 0 Å². The lowest BCUT2D eigenvalue weighted by Crippen LogP contribution is -2.33. The lowest BCUT2D eigenvalue weighted by Gasteiger charge is -2.11. The molecule has 0 aromatic rings. The molecule has 1 heterocycles. The summed E-state index contributed by atoms with van der Waals surface area (Å²) in [5.41, 5.74) is 0. The molecule has 0 bridgehead atoms. The summed E-state index contributed by atoms with van der Waals surface area (Å²) >= 11 is 0. The van der Waals surface area contributed by atoms with Crippen LogP contribution in [-0.2, 0) is 14.6 Å². The van der Waals surface area contributed by atoms with Gasteiger partial charge >= 0.3 is 6.18 Å². The maximum atomic E-state index is 11.7. The van der Waals surface area contributed by atoms with Crippen LogP contribution >= 0.6 is 0 Å². The third-order valence-electron chi connectivity index (χ3n) is 2.52. The molecular formula is C9H16F3NO3S. The first-order valence-electron chi connectivity index (χ1n) is 5.38. The monoisotopic (exact) mass is 275 g/mol. The fourth-order valence-corrected chi connectivity index (χ4v) is 3.48. The van der Waals surface area contributed by atoms with Gasteiger partial charge in [-0.2, -0.15) is 13.2 Å². The minimum absolute atomic E-state index is 0.0771. The molecule has 1 saturated heterocycles. The van der Waals surface area contributed by atoms with Crippen LogP contribution in [0.2, 0.25) is 0 Å². The number of halogens is 3. The van der Waals surface area contributed by atoms with Crippen molar-refractivity contribution in [3.63, 3.8) is 0 Å². The summed E-state index contributed by atoms with van der Waals surface area (Å²) in [6.07, 6.45) is -3.02. The summed E-state index contributed by atoms with van der Waals surface area (Å²) in [5.74, 6) is 0.212. The number of sulfone groups is 1. The zero-order valence-electron chi connectivity index (χ0n) is 9.29. The van der Waals surface area contributed by atoms with Crippen molar-refractivity contribution >= 4 is 9.84 Å². The molecule has 1 atom stereocenters. The van der Waals surface area contributed by atoms with Crippen LogP contribution in [0.4, 0.5) is 13.2 Å². The second kappa shape index (κ2) is 6.01. The molecule has 8 heteroatoms. The van der Waals surface area contributed by atoms with Gasteiger partial charge < -0.3 is 10.1 Å². The van der Waals surface area contributed by atoms with Crippen LogP contribution in [0.25, 0.3) is 0 Å². The van der Waals surface area contributed by atoms with Gasteiger partial charge in [0.05, 0.1) is 17.6 Å². The summed E-state index contributed by atoms with van der Waals surface area (Å²) in [4.78, 5) is 0. The molecule has 1 aliphatic heterocycles. The third-order valence-corrected chi connectivity index (χ3v) is 4.80. The van der Waals surface area contributed by atoms with Crippen LogP contribution in [0, 0.1) is 0 Å². The minimum Gasteiger partial charge on any atom is -0.371 e. The lowest BCUT2D eigenvalue weighted by molar-refractivity contribution is -0.173. The molecule has 1 unspecified atom stereocenters. The topological polar surface area (TPSA) is 55.4 Å². The van der Waals surface area contributed by atoms with E-state index in [0.29, 0.717) is 12.8 Å². The van der Waals surface area contributed by atoms with Crippen molar-refractivity contribution in [2.24, 2.45) is 0 Å². The van der Waals surface area contributed by atoms with Crippen molar-refractivity contribution in [1.82, 2.24) is 5.32 Å². The second-order valence-corrected chi connectivity index (χ2v) is 6.40. The second-order valence-electron chi connectivity index (χ2n) is 4.00. The fourth-order valence-electron chi connectivity index (χ4n) is 1.68. The van der Waals surface area contributed by atoms with Crippen LogP contribution < -0.4 is 5.32 Å². The smallest absolute Gasteiger partial charge is 0.371 e. The minimum atomic E-state index is -4.31. The molecule has 1 N–H and O–H groups in total. The maximum Gasteiger partial charge on any atom is 0.411 e. The highest BCUT2D eigenvalue weighted by molar-refractivity contribution is 7.92. The Morgan fingerprint density at radius 1 is 1.35 bits per heavy atom. The molecule has 1 rings (SSSR count). The molecule has 1 aliphatic rings. The number of hydrogen-bond donors (Lipinski definition) is 1. The Bertz CT molecular complexity index is 329. The van der Waals surface area contributed by atoms with Crippen molar-refractivity contribution in [2.75, 3.05) is 32.1 Å². The van der Waals surface area contributed by atoms with Crippen LogP contribution in [0.5, 0.6) is 0 Å². The normalized spacial score (nSPS) is 24.1. The van der Waals surface area contributed by atoms with E-state index in [9.17, 15) is 21.6 Å². The van der Waals surface area contributed by atoms with Crippen LogP contribution in [0.15, 0.2) is 0 Å². The van der Waals surface area contributed by atoms with Gasteiger partial charge in [-0.3, -0.25) is 0 Å². The third kappa shape index (κ3) is 5.69. The maximum absolute atomic E-state index is 11.7. The van der Waals surface area contributed by atoms with Crippen LogP contribution in [0.1, 0.15) is 12.8 Å². The Kier molecular flexibility index (Phi) is 5.21. The van der Waals surface area contributed by atoms with Gasteiger partial charge in [0.2, 0.25) is 0 Å². The van der Waals surface area contributed by atoms with Crippen molar-refractivity contribution in [3.05, 3.63) is 0 Å². The summed E-state index contributed by atoms with van der Waals surface area (Å²) in [6.45, 7) is -0.831. The standard InChI is InChI=1S/C9H16F3NO3S/c10-9(11,12)7-16-4-3-13-6-8-2-1-5-17(8,14)15/h8,13H,1-7H2. The van der Waals surface area contributed by atoms with Crippen molar-refractivity contribution in [1.29, 1.82) is 0 Å². The zero-order valence-corrected chi connectivity index (χ0v) is 10.1. The fraction of sp³-hybridized carbons (Fsp3) is 1.00. The summed E-state index contributed by atoms with van der Waals surface area (Å²) in [5, 5.41) is 2.40. The van der Waals surface area contributed by atoms with E-state index in [1.165, 1.54) is 0 Å². The summed E-state index contributed by atoms with van der Waals surface area (Å²) in [6, 6.07) is 0. The molecule has 0 aliphatic carbocycles. The molecule has 0 saturated carbocycles. The molecule has 4 nitrogen and oxygen atoms in total. The predicted molar refractivity (Wildman–Crippen MR) is 56.6 cm³/mol. The van der Waals surface area contributed by atoms with Gasteiger partial charge in [-0.25, -0.2) is 8.42 Å². The highest BCUT2D eigenvalue weighted by atomic mass is 32.2. The Labute approximate surface area is 98.4 Å². The van der Waals surface area contributed by atoms with E-state index in [4.69, 9.17) is 0 Å². The van der Waals surface area contributed by atoms with E-state index in [2.05, 4.69) is 10.1 Å². The van der Waals surface area contributed by atoms with Gasteiger partial charge in [0.15, 0.2) is 9.84 Å². The van der Waals surface area contributed by atoms with Gasteiger partial charge in [0, 0.05) is 13.1 Å². The number of hydrogen-bond acceptors (Lipinski definition) is 4. The van der Waals surface area contributed by atoms with E-state index in [1.54, 1.807) is 0 Å². The predicted octanol–water partition coefficient (Wildman–Crippen LogP) is 0.732.